The predicted molar refractivity (Wildman–Crippen MR) is 45.9 cm³/mol. The zero-order valence-electron chi connectivity index (χ0n) is 7.92. The van der Waals surface area contributed by atoms with Crippen molar-refractivity contribution in [2.24, 2.45) is 7.05 Å². The minimum atomic E-state index is -10.7. The molecule has 1 heterocycles. The van der Waals surface area contributed by atoms with Gasteiger partial charge in [-0.2, -0.15) is 5.26 Å². The van der Waals surface area contributed by atoms with Gasteiger partial charge < -0.3 is 0 Å². The molecule has 0 radical (unpaired) electrons. The Kier molecular flexibility index (Phi) is 3.29. The standard InChI is InChI=1S/C7H7N2.F6P/c1-9-4-2-3-7(5-8)6-9;1-7(2,3,4,5)6/h2-4,6H,1H3;/q+1;-1. The van der Waals surface area contributed by atoms with Gasteiger partial charge in [0, 0.05) is 6.07 Å². The van der Waals surface area contributed by atoms with Gasteiger partial charge in [-0.15, -0.1) is 0 Å². The number of halogens is 6. The molecule has 0 spiro atoms. The summed E-state index contributed by atoms with van der Waals surface area (Å²) in [6.45, 7) is 0. The van der Waals surface area contributed by atoms with Gasteiger partial charge in [-0.25, -0.2) is 4.57 Å². The number of nitrogens with zero attached hydrogens (tertiary/aromatic N) is 2. The van der Waals surface area contributed by atoms with Crippen molar-refractivity contribution in [1.29, 1.82) is 5.26 Å². The van der Waals surface area contributed by atoms with Crippen LogP contribution in [0.1, 0.15) is 5.56 Å². The number of hydrogen-bond acceptors (Lipinski definition) is 1. The van der Waals surface area contributed by atoms with Crippen molar-refractivity contribution >= 4 is 7.81 Å². The monoisotopic (exact) mass is 264 g/mol. The van der Waals surface area contributed by atoms with Crippen LogP contribution in [-0.4, -0.2) is 0 Å². The van der Waals surface area contributed by atoms with Gasteiger partial charge in [0.25, 0.3) is 0 Å². The zero-order chi connectivity index (χ0) is 13.1. The van der Waals surface area contributed by atoms with Crippen LogP contribution in [0, 0.1) is 11.3 Å². The van der Waals surface area contributed by atoms with E-state index in [1.165, 1.54) is 0 Å². The molecule has 0 aliphatic rings. The van der Waals surface area contributed by atoms with E-state index in [4.69, 9.17) is 5.26 Å². The second-order valence-electron chi connectivity index (χ2n) is 2.83. The average Bonchev–Trinajstić information content (AvgIpc) is 1.98. The van der Waals surface area contributed by atoms with Gasteiger partial charge in [-0.05, 0) is 6.07 Å². The summed E-state index contributed by atoms with van der Waals surface area (Å²) in [5, 5.41) is 8.40. The van der Waals surface area contributed by atoms with Crippen LogP contribution < -0.4 is 4.57 Å². The van der Waals surface area contributed by atoms with Crippen molar-refractivity contribution in [2.75, 3.05) is 0 Å². The first kappa shape index (κ1) is 14.6. The van der Waals surface area contributed by atoms with Crippen LogP contribution in [-0.2, 0) is 7.05 Å². The molecular weight excluding hydrogens is 257 g/mol. The molecule has 92 valence electrons. The van der Waals surface area contributed by atoms with Crippen LogP contribution >= 0.6 is 7.81 Å². The van der Waals surface area contributed by atoms with Gasteiger partial charge in [-0.3, -0.25) is 0 Å². The molecule has 16 heavy (non-hydrogen) atoms. The maximum atomic E-state index is 9.87. The normalized spacial score (nSPS) is 14.9. The third-order valence-electron chi connectivity index (χ3n) is 1.07. The van der Waals surface area contributed by atoms with Crippen molar-refractivity contribution in [3.8, 4) is 6.07 Å². The minimum absolute atomic E-state index is 0.694. The van der Waals surface area contributed by atoms with Gasteiger partial charge in [-0.1, -0.05) is 0 Å². The van der Waals surface area contributed by atoms with Crippen LogP contribution in [0.15, 0.2) is 24.5 Å². The van der Waals surface area contributed by atoms with E-state index in [0.717, 1.165) is 0 Å². The quantitative estimate of drug-likeness (QED) is 0.398. The molecule has 9 heteroatoms. The molecule has 0 N–H and O–H groups in total. The first-order valence-electron chi connectivity index (χ1n) is 3.70. The summed E-state index contributed by atoms with van der Waals surface area (Å²) in [6, 6.07) is 5.67. The summed E-state index contributed by atoms with van der Waals surface area (Å²) < 4.78 is 61.0. The molecule has 0 aliphatic heterocycles. The van der Waals surface area contributed by atoms with Crippen LogP contribution in [0.3, 0.4) is 0 Å². The average molecular weight is 264 g/mol. The molecule has 1 aromatic heterocycles. The van der Waals surface area contributed by atoms with Crippen LogP contribution in [0.25, 0.3) is 0 Å². The number of aryl methyl sites for hydroxylation is 1. The van der Waals surface area contributed by atoms with Crippen LogP contribution in [0.4, 0.5) is 25.2 Å². The van der Waals surface area contributed by atoms with Crippen molar-refractivity contribution in [3.63, 3.8) is 0 Å². The molecule has 0 aromatic carbocycles. The zero-order valence-corrected chi connectivity index (χ0v) is 8.81. The van der Waals surface area contributed by atoms with Crippen molar-refractivity contribution in [2.45, 2.75) is 0 Å². The Morgan fingerprint density at radius 1 is 1.19 bits per heavy atom. The van der Waals surface area contributed by atoms with E-state index in [-0.39, 0.29) is 0 Å². The summed E-state index contributed by atoms with van der Waals surface area (Å²) in [7, 11) is -8.77. The Morgan fingerprint density at radius 3 is 1.88 bits per heavy atom. The molecule has 2 nitrogen and oxygen atoms in total. The summed E-state index contributed by atoms with van der Waals surface area (Å²) in [6.07, 6.45) is 3.67. The van der Waals surface area contributed by atoms with Gasteiger partial charge in [0.15, 0.2) is 12.4 Å². The van der Waals surface area contributed by atoms with E-state index in [2.05, 4.69) is 0 Å². The van der Waals surface area contributed by atoms with E-state index in [1.54, 1.807) is 12.3 Å². The third kappa shape index (κ3) is 15.1. The van der Waals surface area contributed by atoms with Crippen molar-refractivity contribution in [3.05, 3.63) is 30.1 Å². The van der Waals surface area contributed by atoms with Crippen LogP contribution in [0.2, 0.25) is 0 Å². The predicted octanol–water partition coefficient (Wildman–Crippen LogP) is 3.77. The molecule has 1 aromatic rings. The Labute approximate surface area is 87.0 Å². The number of hydrogen-bond donors (Lipinski definition) is 0. The fourth-order valence-electron chi connectivity index (χ4n) is 0.654. The Bertz CT molecular complexity index is 406. The Balaban J connectivity index is 0.000000293. The number of aromatic nitrogens is 1. The maximum absolute atomic E-state index is 10.7. The van der Waals surface area contributed by atoms with E-state index in [0.29, 0.717) is 5.56 Å². The molecule has 0 aliphatic carbocycles. The van der Waals surface area contributed by atoms with E-state index in [9.17, 15) is 25.2 Å². The Morgan fingerprint density at radius 2 is 1.62 bits per heavy atom. The summed E-state index contributed by atoms with van der Waals surface area (Å²) in [5.74, 6) is 0. The van der Waals surface area contributed by atoms with Gasteiger partial charge >= 0.3 is 33.0 Å². The SMILES string of the molecule is C[n+]1cccc(C#N)c1.F[P-](F)(F)(F)(F)F. The van der Waals surface area contributed by atoms with E-state index >= 15 is 0 Å². The molecule has 0 saturated heterocycles. The van der Waals surface area contributed by atoms with E-state index < -0.39 is 7.81 Å². The Hall–Kier alpha value is -1.35. The fraction of sp³-hybridized carbons (Fsp3) is 0.143. The van der Waals surface area contributed by atoms with Crippen molar-refractivity contribution in [1.82, 2.24) is 0 Å². The first-order valence-corrected chi connectivity index (χ1v) is 5.72. The molecule has 0 unspecified atom stereocenters. The molecule has 0 fully saturated rings. The first-order chi connectivity index (χ1) is 6.78. The van der Waals surface area contributed by atoms with E-state index in [1.807, 2.05) is 29.9 Å². The van der Waals surface area contributed by atoms with Crippen molar-refractivity contribution < 1.29 is 29.7 Å². The molecule has 0 atom stereocenters. The fourth-order valence-corrected chi connectivity index (χ4v) is 0.654. The second-order valence-corrected chi connectivity index (χ2v) is 4.74. The summed E-state index contributed by atoms with van der Waals surface area (Å²) >= 11 is 0. The molecule has 1 rings (SSSR count). The third-order valence-corrected chi connectivity index (χ3v) is 1.07. The van der Waals surface area contributed by atoms with Gasteiger partial charge in [0.05, 0.1) is 0 Å². The van der Waals surface area contributed by atoms with Crippen LogP contribution in [0.5, 0.6) is 0 Å². The topological polar surface area (TPSA) is 27.7 Å². The summed E-state index contributed by atoms with van der Waals surface area (Å²) in [4.78, 5) is 0. The molecule has 0 amide bonds. The molecule has 0 bridgehead atoms. The second kappa shape index (κ2) is 3.59. The molecular formula is C7H7F6N2P. The van der Waals surface area contributed by atoms with Gasteiger partial charge in [0.2, 0.25) is 0 Å². The number of pyridine rings is 1. The number of rotatable bonds is 0. The summed E-state index contributed by atoms with van der Waals surface area (Å²) in [5.41, 5.74) is 0.694. The van der Waals surface area contributed by atoms with Gasteiger partial charge in [0.1, 0.15) is 18.7 Å². The molecule has 0 saturated carbocycles. The number of nitriles is 1.